The second-order valence-corrected chi connectivity index (χ2v) is 7.12. The van der Waals surface area contributed by atoms with E-state index in [0.29, 0.717) is 10.8 Å². The second-order valence-electron chi connectivity index (χ2n) is 6.69. The van der Waals surface area contributed by atoms with Gasteiger partial charge in [-0.05, 0) is 36.4 Å². The number of nitrogens with one attached hydrogen (secondary N) is 1. The van der Waals surface area contributed by atoms with E-state index in [4.69, 9.17) is 16.6 Å². The summed E-state index contributed by atoms with van der Waals surface area (Å²) >= 11 is 6.20. The smallest absolute Gasteiger partial charge is 0.228 e. The lowest BCUT2D eigenvalue weighted by molar-refractivity contribution is -0.118. The van der Waals surface area contributed by atoms with Crippen molar-refractivity contribution in [3.05, 3.63) is 65.9 Å². The molecular weight excluding hydrogens is 374 g/mol. The van der Waals surface area contributed by atoms with Crippen LogP contribution >= 0.6 is 11.6 Å². The number of pyridine rings is 1. The van der Waals surface area contributed by atoms with Gasteiger partial charge >= 0.3 is 0 Å². The van der Waals surface area contributed by atoms with Gasteiger partial charge in [0.15, 0.2) is 5.65 Å². The first-order chi connectivity index (χ1) is 13.5. The number of imidazole rings is 1. The van der Waals surface area contributed by atoms with Gasteiger partial charge in [-0.3, -0.25) is 4.79 Å². The zero-order valence-electron chi connectivity index (χ0n) is 15.4. The van der Waals surface area contributed by atoms with Gasteiger partial charge in [0.25, 0.3) is 0 Å². The molecule has 0 atom stereocenters. The Morgan fingerprint density at radius 2 is 1.93 bits per heavy atom. The molecule has 4 rings (SSSR count). The fraction of sp³-hybridized carbons (Fsp3) is 0.143. The Hall–Kier alpha value is -3.25. The Bertz CT molecular complexity index is 1170. The van der Waals surface area contributed by atoms with Gasteiger partial charge in [-0.1, -0.05) is 37.6 Å². The van der Waals surface area contributed by atoms with Crippen LogP contribution in [0.3, 0.4) is 0 Å². The number of hydrogen-bond donors (Lipinski definition) is 1. The molecule has 0 radical (unpaired) electrons. The SMILES string of the molecule is CC(C)C(=O)Nc1cc(-c2c(-c3cccc(Cl)c3)nc3cccnn23)ccn1. The molecule has 7 heteroatoms. The number of nitrogens with zero attached hydrogens (tertiary/aromatic N) is 4. The van der Waals surface area contributed by atoms with Gasteiger partial charge in [0, 0.05) is 34.5 Å². The fourth-order valence-electron chi connectivity index (χ4n) is 2.90. The number of anilines is 1. The Kier molecular flexibility index (Phi) is 4.79. The topological polar surface area (TPSA) is 72.2 Å². The van der Waals surface area contributed by atoms with Crippen molar-refractivity contribution in [3.63, 3.8) is 0 Å². The predicted octanol–water partition coefficient (Wildman–Crippen LogP) is 4.71. The van der Waals surface area contributed by atoms with Crippen LogP contribution in [0, 0.1) is 5.92 Å². The lowest BCUT2D eigenvalue weighted by Gasteiger charge is -2.09. The molecule has 4 aromatic rings. The molecule has 0 spiro atoms. The summed E-state index contributed by atoms with van der Waals surface area (Å²) in [7, 11) is 0. The van der Waals surface area contributed by atoms with E-state index in [1.54, 1.807) is 16.9 Å². The lowest BCUT2D eigenvalue weighted by atomic mass is 10.1. The normalized spacial score (nSPS) is 11.1. The Labute approximate surface area is 167 Å². The van der Waals surface area contributed by atoms with E-state index in [1.807, 2.05) is 62.4 Å². The van der Waals surface area contributed by atoms with Crippen LogP contribution in [0.25, 0.3) is 28.2 Å². The van der Waals surface area contributed by atoms with Crippen molar-refractivity contribution in [1.82, 2.24) is 19.6 Å². The molecule has 1 amide bonds. The molecule has 0 unspecified atom stereocenters. The summed E-state index contributed by atoms with van der Waals surface area (Å²) < 4.78 is 1.78. The summed E-state index contributed by atoms with van der Waals surface area (Å²) in [5, 5.41) is 7.93. The lowest BCUT2D eigenvalue weighted by Crippen LogP contribution is -2.18. The summed E-state index contributed by atoms with van der Waals surface area (Å²) in [4.78, 5) is 21.1. The summed E-state index contributed by atoms with van der Waals surface area (Å²) in [5.41, 5.74) is 4.01. The van der Waals surface area contributed by atoms with Crippen molar-refractivity contribution >= 4 is 29.0 Å². The van der Waals surface area contributed by atoms with Crippen LogP contribution in [0.1, 0.15) is 13.8 Å². The zero-order chi connectivity index (χ0) is 19.7. The highest BCUT2D eigenvalue weighted by Gasteiger charge is 2.18. The third-order valence-corrected chi connectivity index (χ3v) is 4.54. The number of halogens is 1. The van der Waals surface area contributed by atoms with Crippen LogP contribution < -0.4 is 5.32 Å². The molecule has 1 N–H and O–H groups in total. The quantitative estimate of drug-likeness (QED) is 0.547. The van der Waals surface area contributed by atoms with Crippen molar-refractivity contribution in [2.75, 3.05) is 5.32 Å². The molecule has 3 heterocycles. The monoisotopic (exact) mass is 391 g/mol. The van der Waals surface area contributed by atoms with Crippen LogP contribution in [-0.4, -0.2) is 25.5 Å². The third-order valence-electron chi connectivity index (χ3n) is 4.30. The number of amides is 1. The van der Waals surface area contributed by atoms with Crippen LogP contribution in [0.4, 0.5) is 5.82 Å². The van der Waals surface area contributed by atoms with E-state index in [1.165, 1.54) is 0 Å². The van der Waals surface area contributed by atoms with Crippen molar-refractivity contribution in [2.45, 2.75) is 13.8 Å². The van der Waals surface area contributed by atoms with Gasteiger partial charge in [-0.25, -0.2) is 14.5 Å². The van der Waals surface area contributed by atoms with E-state index < -0.39 is 0 Å². The maximum Gasteiger partial charge on any atom is 0.228 e. The van der Waals surface area contributed by atoms with E-state index in [2.05, 4.69) is 15.4 Å². The van der Waals surface area contributed by atoms with E-state index >= 15 is 0 Å². The number of carbonyl (C=O) groups is 1. The highest BCUT2D eigenvalue weighted by Crippen LogP contribution is 2.33. The van der Waals surface area contributed by atoms with Crippen molar-refractivity contribution in [2.24, 2.45) is 5.92 Å². The first-order valence-corrected chi connectivity index (χ1v) is 9.27. The van der Waals surface area contributed by atoms with Gasteiger partial charge in [0.2, 0.25) is 5.91 Å². The number of aromatic nitrogens is 4. The minimum Gasteiger partial charge on any atom is -0.310 e. The predicted molar refractivity (Wildman–Crippen MR) is 110 cm³/mol. The molecule has 6 nitrogen and oxygen atoms in total. The van der Waals surface area contributed by atoms with Crippen LogP contribution in [-0.2, 0) is 4.79 Å². The number of fused-ring (bicyclic) bond motifs is 1. The number of hydrogen-bond acceptors (Lipinski definition) is 4. The molecule has 0 saturated heterocycles. The zero-order valence-corrected chi connectivity index (χ0v) is 16.2. The van der Waals surface area contributed by atoms with Crippen LogP contribution in [0.5, 0.6) is 0 Å². The van der Waals surface area contributed by atoms with E-state index in [-0.39, 0.29) is 11.8 Å². The molecule has 0 saturated carbocycles. The van der Waals surface area contributed by atoms with Crippen molar-refractivity contribution in [1.29, 1.82) is 0 Å². The molecule has 0 bridgehead atoms. The first-order valence-electron chi connectivity index (χ1n) is 8.90. The molecular formula is C21H18ClN5O. The van der Waals surface area contributed by atoms with Gasteiger partial charge in [0.05, 0.1) is 5.69 Å². The van der Waals surface area contributed by atoms with Crippen molar-refractivity contribution < 1.29 is 4.79 Å². The van der Waals surface area contributed by atoms with Gasteiger partial charge in [0.1, 0.15) is 11.5 Å². The molecule has 0 aliphatic rings. The summed E-state index contributed by atoms with van der Waals surface area (Å²) in [6.45, 7) is 3.68. The maximum atomic E-state index is 12.1. The maximum absolute atomic E-state index is 12.1. The highest BCUT2D eigenvalue weighted by atomic mass is 35.5. The molecule has 0 aliphatic heterocycles. The van der Waals surface area contributed by atoms with Crippen LogP contribution in [0.2, 0.25) is 5.02 Å². The fourth-order valence-corrected chi connectivity index (χ4v) is 3.09. The Balaban J connectivity index is 1.89. The molecule has 0 aliphatic carbocycles. The highest BCUT2D eigenvalue weighted by molar-refractivity contribution is 6.30. The van der Waals surface area contributed by atoms with Gasteiger partial charge < -0.3 is 5.32 Å². The minimum atomic E-state index is -0.134. The van der Waals surface area contributed by atoms with Crippen LogP contribution in [0.15, 0.2) is 60.9 Å². The first kappa shape index (κ1) is 18.1. The van der Waals surface area contributed by atoms with E-state index in [0.717, 1.165) is 28.2 Å². The average molecular weight is 392 g/mol. The number of benzene rings is 1. The molecule has 3 aromatic heterocycles. The minimum absolute atomic E-state index is 0.0871. The summed E-state index contributed by atoms with van der Waals surface area (Å²) in [5.74, 6) is 0.264. The molecule has 1 aromatic carbocycles. The molecule has 0 fully saturated rings. The number of carbonyl (C=O) groups excluding carboxylic acids is 1. The third kappa shape index (κ3) is 3.46. The average Bonchev–Trinajstić information content (AvgIpc) is 3.08. The second kappa shape index (κ2) is 7.40. The van der Waals surface area contributed by atoms with Gasteiger partial charge in [-0.2, -0.15) is 5.10 Å². The largest absolute Gasteiger partial charge is 0.310 e. The van der Waals surface area contributed by atoms with Gasteiger partial charge in [-0.15, -0.1) is 0 Å². The standard InChI is InChI=1S/C21H18ClN5O/c1-13(2)21(28)25-17-12-15(8-10-23-17)20-19(14-5-3-6-16(22)11-14)26-18-7-4-9-24-27(18)20/h3-13H,1-2H3,(H,23,25,28). The summed E-state index contributed by atoms with van der Waals surface area (Å²) in [6.07, 6.45) is 3.37. The summed E-state index contributed by atoms with van der Waals surface area (Å²) in [6, 6.07) is 15.0. The molecule has 28 heavy (non-hydrogen) atoms. The Morgan fingerprint density at radius 1 is 1.07 bits per heavy atom. The Morgan fingerprint density at radius 3 is 2.71 bits per heavy atom. The number of rotatable bonds is 4. The van der Waals surface area contributed by atoms with Crippen molar-refractivity contribution in [3.8, 4) is 22.5 Å². The van der Waals surface area contributed by atoms with E-state index in [9.17, 15) is 4.79 Å². The molecule has 140 valence electrons.